The lowest BCUT2D eigenvalue weighted by Gasteiger charge is -2.06. The molecule has 0 aromatic carbocycles. The van der Waals surface area contributed by atoms with E-state index in [1.807, 2.05) is 18.4 Å². The number of H-pyrrole nitrogens is 1. The molecule has 5 nitrogen and oxygen atoms in total. The van der Waals surface area contributed by atoms with Crippen molar-refractivity contribution in [1.29, 1.82) is 0 Å². The summed E-state index contributed by atoms with van der Waals surface area (Å²) in [5.74, 6) is 1.51. The topological polar surface area (TPSA) is 62.7 Å². The van der Waals surface area contributed by atoms with E-state index in [0.29, 0.717) is 23.8 Å². The van der Waals surface area contributed by atoms with Crippen LogP contribution in [0.25, 0.3) is 0 Å². The fourth-order valence-corrected chi connectivity index (χ4v) is 2.03. The smallest absolute Gasteiger partial charge is 0.243 e. The number of carbonyl (C=O) groups excluding carboxylic acids is 1. The second kappa shape index (κ2) is 5.48. The van der Waals surface area contributed by atoms with E-state index in [-0.39, 0.29) is 5.91 Å². The molecule has 1 fully saturated rings. The van der Waals surface area contributed by atoms with E-state index in [9.17, 15) is 4.79 Å². The van der Waals surface area contributed by atoms with Gasteiger partial charge in [-0.25, -0.2) is 0 Å². The Labute approximate surface area is 111 Å². The quantitative estimate of drug-likeness (QED) is 0.632. The molecule has 0 unspecified atom stereocenters. The largest absolute Gasteiger partial charge is 0.351 e. The fourth-order valence-electron chi connectivity index (χ4n) is 1.80. The molecule has 18 heavy (non-hydrogen) atoms. The maximum absolute atomic E-state index is 11.5. The third-order valence-corrected chi connectivity index (χ3v) is 3.10. The predicted molar refractivity (Wildman–Crippen MR) is 71.8 cm³/mol. The van der Waals surface area contributed by atoms with Crippen molar-refractivity contribution in [1.82, 2.24) is 20.1 Å². The average Bonchev–Trinajstić information content (AvgIpc) is 3.05. The van der Waals surface area contributed by atoms with E-state index in [0.717, 1.165) is 11.4 Å². The summed E-state index contributed by atoms with van der Waals surface area (Å²) < 4.78 is 2.61. The minimum atomic E-state index is -0.0574. The third-order valence-electron chi connectivity index (χ3n) is 2.78. The van der Waals surface area contributed by atoms with E-state index in [1.54, 1.807) is 6.08 Å². The standard InChI is InChI=1S/C12H18N4OS/c1-8(2)7-10(17)13-5-6-16-11(9-3-4-9)14-15-12(16)18/h7,9H,3-6H2,1-2H3,(H,13,17)(H,15,18). The van der Waals surface area contributed by atoms with Crippen LogP contribution in [0.1, 0.15) is 38.4 Å². The molecule has 0 saturated heterocycles. The molecular weight excluding hydrogens is 248 g/mol. The molecular formula is C12H18N4OS. The first-order valence-electron chi connectivity index (χ1n) is 6.15. The molecule has 1 aliphatic carbocycles. The van der Waals surface area contributed by atoms with Crippen molar-refractivity contribution in [3.63, 3.8) is 0 Å². The number of hydrogen-bond donors (Lipinski definition) is 2. The molecule has 2 N–H and O–H groups in total. The number of aromatic amines is 1. The Balaban J connectivity index is 1.90. The molecule has 0 bridgehead atoms. The first-order chi connectivity index (χ1) is 8.58. The molecule has 1 saturated carbocycles. The summed E-state index contributed by atoms with van der Waals surface area (Å²) in [5, 5.41) is 9.91. The molecule has 0 atom stereocenters. The van der Waals surface area contributed by atoms with Crippen molar-refractivity contribution in [3.8, 4) is 0 Å². The molecule has 1 heterocycles. The van der Waals surface area contributed by atoms with Crippen LogP contribution in [0.2, 0.25) is 0 Å². The van der Waals surface area contributed by atoms with Crippen LogP contribution in [0.3, 0.4) is 0 Å². The fraction of sp³-hybridized carbons (Fsp3) is 0.583. The lowest BCUT2D eigenvalue weighted by atomic mass is 10.3. The van der Waals surface area contributed by atoms with Crippen molar-refractivity contribution < 1.29 is 4.79 Å². The molecule has 1 amide bonds. The van der Waals surface area contributed by atoms with E-state index in [2.05, 4.69) is 15.5 Å². The Kier molecular flexibility index (Phi) is 3.96. The molecule has 1 aliphatic rings. The van der Waals surface area contributed by atoms with Gasteiger partial charge in [-0.2, -0.15) is 5.10 Å². The monoisotopic (exact) mass is 266 g/mol. The minimum Gasteiger partial charge on any atom is -0.351 e. The number of nitrogens with zero attached hydrogens (tertiary/aromatic N) is 2. The van der Waals surface area contributed by atoms with Gasteiger partial charge in [0.1, 0.15) is 5.82 Å². The number of amides is 1. The zero-order valence-corrected chi connectivity index (χ0v) is 11.5. The van der Waals surface area contributed by atoms with Crippen LogP contribution in [-0.4, -0.2) is 27.2 Å². The van der Waals surface area contributed by atoms with Crippen molar-refractivity contribution in [3.05, 3.63) is 22.2 Å². The van der Waals surface area contributed by atoms with Gasteiger partial charge in [-0.05, 0) is 38.9 Å². The van der Waals surface area contributed by atoms with Gasteiger partial charge in [-0.1, -0.05) is 5.57 Å². The zero-order chi connectivity index (χ0) is 13.1. The maximum atomic E-state index is 11.5. The predicted octanol–water partition coefficient (Wildman–Crippen LogP) is 1.90. The molecule has 6 heteroatoms. The van der Waals surface area contributed by atoms with Crippen LogP contribution < -0.4 is 5.32 Å². The van der Waals surface area contributed by atoms with Crippen LogP contribution in [0.15, 0.2) is 11.6 Å². The number of allylic oxidation sites excluding steroid dienone is 1. The second-order valence-corrected chi connectivity index (χ2v) is 5.21. The van der Waals surface area contributed by atoms with Crippen LogP contribution in [0, 0.1) is 4.77 Å². The van der Waals surface area contributed by atoms with Gasteiger partial charge in [0.2, 0.25) is 5.91 Å². The Hall–Kier alpha value is -1.43. The normalized spacial score (nSPS) is 14.3. The summed E-state index contributed by atoms with van der Waals surface area (Å²) in [6.45, 7) is 5.04. The Morgan fingerprint density at radius 3 is 2.94 bits per heavy atom. The molecule has 98 valence electrons. The van der Waals surface area contributed by atoms with Gasteiger partial charge in [-0.3, -0.25) is 9.89 Å². The van der Waals surface area contributed by atoms with Crippen molar-refractivity contribution >= 4 is 18.1 Å². The second-order valence-electron chi connectivity index (χ2n) is 4.83. The minimum absolute atomic E-state index is 0.0574. The summed E-state index contributed by atoms with van der Waals surface area (Å²) in [5.41, 5.74) is 0.992. The van der Waals surface area contributed by atoms with E-state index in [4.69, 9.17) is 12.2 Å². The van der Waals surface area contributed by atoms with E-state index in [1.165, 1.54) is 12.8 Å². The number of carbonyl (C=O) groups is 1. The summed E-state index contributed by atoms with van der Waals surface area (Å²) >= 11 is 5.19. The summed E-state index contributed by atoms with van der Waals surface area (Å²) in [4.78, 5) is 11.5. The Morgan fingerprint density at radius 1 is 1.61 bits per heavy atom. The van der Waals surface area contributed by atoms with Crippen molar-refractivity contribution in [2.45, 2.75) is 39.2 Å². The van der Waals surface area contributed by atoms with Gasteiger partial charge < -0.3 is 9.88 Å². The van der Waals surface area contributed by atoms with Gasteiger partial charge in [0.05, 0.1) is 0 Å². The van der Waals surface area contributed by atoms with Gasteiger partial charge in [0, 0.05) is 25.1 Å². The highest BCUT2D eigenvalue weighted by Crippen LogP contribution is 2.38. The highest BCUT2D eigenvalue weighted by Gasteiger charge is 2.28. The lowest BCUT2D eigenvalue weighted by Crippen LogP contribution is -2.26. The summed E-state index contributed by atoms with van der Waals surface area (Å²) in [7, 11) is 0. The van der Waals surface area contributed by atoms with Crippen molar-refractivity contribution in [2.75, 3.05) is 6.54 Å². The van der Waals surface area contributed by atoms with Crippen LogP contribution in [0.5, 0.6) is 0 Å². The summed E-state index contributed by atoms with van der Waals surface area (Å²) in [6, 6.07) is 0. The van der Waals surface area contributed by atoms with Crippen LogP contribution in [-0.2, 0) is 11.3 Å². The SMILES string of the molecule is CC(C)=CC(=O)NCCn1c(C2CC2)n[nH]c1=S. The van der Waals surface area contributed by atoms with Gasteiger partial charge in [0.15, 0.2) is 4.77 Å². The van der Waals surface area contributed by atoms with E-state index >= 15 is 0 Å². The van der Waals surface area contributed by atoms with Gasteiger partial charge in [0.25, 0.3) is 0 Å². The number of rotatable bonds is 5. The van der Waals surface area contributed by atoms with E-state index < -0.39 is 0 Å². The molecule has 0 radical (unpaired) electrons. The highest BCUT2D eigenvalue weighted by atomic mass is 32.1. The third kappa shape index (κ3) is 3.29. The van der Waals surface area contributed by atoms with Crippen LogP contribution in [0.4, 0.5) is 0 Å². The maximum Gasteiger partial charge on any atom is 0.243 e. The van der Waals surface area contributed by atoms with Gasteiger partial charge >= 0.3 is 0 Å². The number of hydrogen-bond acceptors (Lipinski definition) is 3. The molecule has 1 aromatic rings. The Morgan fingerprint density at radius 2 is 2.33 bits per heavy atom. The first-order valence-corrected chi connectivity index (χ1v) is 6.56. The first kappa shape index (κ1) is 13.0. The molecule has 1 aromatic heterocycles. The lowest BCUT2D eigenvalue weighted by molar-refractivity contribution is -0.116. The van der Waals surface area contributed by atoms with Gasteiger partial charge in [-0.15, -0.1) is 0 Å². The Bertz CT molecular complexity index is 520. The zero-order valence-electron chi connectivity index (χ0n) is 10.7. The van der Waals surface area contributed by atoms with Crippen molar-refractivity contribution in [2.24, 2.45) is 0 Å². The highest BCUT2D eigenvalue weighted by molar-refractivity contribution is 7.71. The summed E-state index contributed by atoms with van der Waals surface area (Å²) in [6.07, 6.45) is 3.96. The van der Waals surface area contributed by atoms with Crippen LogP contribution >= 0.6 is 12.2 Å². The number of aromatic nitrogens is 3. The molecule has 0 spiro atoms. The molecule has 0 aliphatic heterocycles. The number of nitrogens with one attached hydrogen (secondary N) is 2. The molecule has 2 rings (SSSR count). The average molecular weight is 266 g/mol.